The fourth-order valence-corrected chi connectivity index (χ4v) is 7.64. The number of hydrogen-bond acceptors (Lipinski definition) is 1. The van der Waals surface area contributed by atoms with Gasteiger partial charge in [-0.3, -0.25) is 0 Å². The molecular formula is C46H30N2O. The van der Waals surface area contributed by atoms with Crippen LogP contribution in [0.3, 0.4) is 0 Å². The lowest BCUT2D eigenvalue weighted by Crippen LogP contribution is -1.95. The molecule has 0 saturated carbocycles. The van der Waals surface area contributed by atoms with Crippen molar-refractivity contribution in [3.05, 3.63) is 182 Å². The van der Waals surface area contributed by atoms with E-state index in [2.05, 4.69) is 191 Å². The molecule has 0 aliphatic carbocycles. The van der Waals surface area contributed by atoms with E-state index in [0.717, 1.165) is 45.1 Å². The molecule has 0 aliphatic heterocycles. The number of furan rings is 1. The summed E-state index contributed by atoms with van der Waals surface area (Å²) in [4.78, 5) is 0. The van der Waals surface area contributed by atoms with Crippen LogP contribution < -0.4 is 0 Å². The van der Waals surface area contributed by atoms with Crippen LogP contribution in [0.4, 0.5) is 0 Å². The van der Waals surface area contributed by atoms with Crippen LogP contribution in [-0.4, -0.2) is 9.13 Å². The number of benzene rings is 7. The molecule has 3 aromatic heterocycles. The molecular weight excluding hydrogens is 597 g/mol. The van der Waals surface area contributed by atoms with Gasteiger partial charge in [-0.1, -0.05) is 121 Å². The van der Waals surface area contributed by atoms with Gasteiger partial charge in [0.1, 0.15) is 11.5 Å². The molecule has 7 aromatic carbocycles. The molecule has 0 bridgehead atoms. The normalized spacial score (nSPS) is 11.7. The zero-order valence-electron chi connectivity index (χ0n) is 26.6. The van der Waals surface area contributed by atoms with Crippen molar-refractivity contribution in [2.45, 2.75) is 0 Å². The van der Waals surface area contributed by atoms with Crippen LogP contribution in [0.15, 0.2) is 186 Å². The van der Waals surface area contributed by atoms with E-state index in [9.17, 15) is 0 Å². The highest BCUT2D eigenvalue weighted by Gasteiger charge is 2.20. The Balaban J connectivity index is 1.13. The minimum Gasteiger partial charge on any atom is -0.456 e. The highest BCUT2D eigenvalue weighted by atomic mass is 16.3. The second-order valence-electron chi connectivity index (χ2n) is 12.5. The Morgan fingerprint density at radius 2 is 0.796 bits per heavy atom. The van der Waals surface area contributed by atoms with Gasteiger partial charge in [0.05, 0.1) is 22.1 Å². The standard InChI is InChI=1S/C46H30N2O/c1-3-16-33(17-4-1)47-41-26-9-7-20-36(41)38-23-12-22-35(45(38)47)31-14-11-15-32(30-31)43-28-29-44(49-43)40-25-13-24-39-37-21-8-10-27-42(37)48(46(39)40)34-18-5-2-6-19-34/h1-30H. The van der Waals surface area contributed by atoms with Crippen LogP contribution in [0, 0.1) is 0 Å². The van der Waals surface area contributed by atoms with Crippen LogP contribution in [0.2, 0.25) is 0 Å². The summed E-state index contributed by atoms with van der Waals surface area (Å²) in [5.74, 6) is 1.68. The molecule has 0 N–H and O–H groups in total. The summed E-state index contributed by atoms with van der Waals surface area (Å²) >= 11 is 0. The average molecular weight is 627 g/mol. The quantitative estimate of drug-likeness (QED) is 0.186. The Labute approximate surface area is 283 Å². The fraction of sp³-hybridized carbons (Fsp3) is 0. The zero-order valence-corrected chi connectivity index (χ0v) is 26.6. The molecule has 0 amide bonds. The second-order valence-corrected chi connectivity index (χ2v) is 12.5. The number of nitrogens with zero attached hydrogens (tertiary/aromatic N) is 2. The van der Waals surface area contributed by atoms with E-state index in [1.165, 1.54) is 43.7 Å². The predicted octanol–water partition coefficient (Wildman–Crippen LogP) is 12.5. The maximum absolute atomic E-state index is 6.75. The van der Waals surface area contributed by atoms with E-state index in [-0.39, 0.29) is 0 Å². The summed E-state index contributed by atoms with van der Waals surface area (Å²) in [6.07, 6.45) is 0. The minimum atomic E-state index is 0.840. The van der Waals surface area contributed by atoms with Crippen molar-refractivity contribution in [1.82, 2.24) is 9.13 Å². The van der Waals surface area contributed by atoms with Gasteiger partial charge in [-0.05, 0) is 66.2 Å². The topological polar surface area (TPSA) is 23.0 Å². The average Bonchev–Trinajstić information content (AvgIpc) is 3.89. The van der Waals surface area contributed by atoms with Gasteiger partial charge >= 0.3 is 0 Å². The van der Waals surface area contributed by atoms with Crippen LogP contribution in [0.1, 0.15) is 0 Å². The first-order chi connectivity index (χ1) is 24.3. The van der Waals surface area contributed by atoms with Crippen molar-refractivity contribution < 1.29 is 4.42 Å². The van der Waals surface area contributed by atoms with E-state index in [4.69, 9.17) is 4.42 Å². The highest BCUT2D eigenvalue weighted by Crippen LogP contribution is 2.41. The molecule has 49 heavy (non-hydrogen) atoms. The first kappa shape index (κ1) is 27.5. The molecule has 3 heteroatoms. The molecule has 10 rings (SSSR count). The summed E-state index contributed by atoms with van der Waals surface area (Å²) < 4.78 is 11.5. The molecule has 230 valence electrons. The van der Waals surface area contributed by atoms with Gasteiger partial charge in [0.15, 0.2) is 0 Å². The fourth-order valence-electron chi connectivity index (χ4n) is 7.64. The van der Waals surface area contributed by atoms with Crippen molar-refractivity contribution in [1.29, 1.82) is 0 Å². The second kappa shape index (κ2) is 11.0. The van der Waals surface area contributed by atoms with E-state index in [0.29, 0.717) is 0 Å². The lowest BCUT2D eigenvalue weighted by atomic mass is 9.99. The van der Waals surface area contributed by atoms with E-state index < -0.39 is 0 Å². The minimum absolute atomic E-state index is 0.840. The summed E-state index contributed by atoms with van der Waals surface area (Å²) in [6.45, 7) is 0. The van der Waals surface area contributed by atoms with Gasteiger partial charge in [0, 0.05) is 49.6 Å². The number of fused-ring (bicyclic) bond motifs is 6. The van der Waals surface area contributed by atoms with Crippen LogP contribution in [0.25, 0.3) is 88.8 Å². The third kappa shape index (κ3) is 4.29. The van der Waals surface area contributed by atoms with Crippen molar-refractivity contribution >= 4 is 43.6 Å². The van der Waals surface area contributed by atoms with Gasteiger partial charge in [-0.25, -0.2) is 0 Å². The van der Waals surface area contributed by atoms with Gasteiger partial charge in [0.25, 0.3) is 0 Å². The molecule has 3 nitrogen and oxygen atoms in total. The molecule has 0 aliphatic rings. The molecule has 0 fully saturated rings. The Bertz CT molecular complexity index is 2820. The lowest BCUT2D eigenvalue weighted by Gasteiger charge is -2.12. The number of para-hydroxylation sites is 6. The molecule has 0 unspecified atom stereocenters. The Morgan fingerprint density at radius 1 is 0.327 bits per heavy atom. The van der Waals surface area contributed by atoms with Crippen molar-refractivity contribution in [3.63, 3.8) is 0 Å². The van der Waals surface area contributed by atoms with Crippen LogP contribution >= 0.6 is 0 Å². The molecule has 3 heterocycles. The smallest absolute Gasteiger partial charge is 0.136 e. The van der Waals surface area contributed by atoms with E-state index >= 15 is 0 Å². The van der Waals surface area contributed by atoms with Crippen LogP contribution in [0.5, 0.6) is 0 Å². The molecule has 10 aromatic rings. The summed E-state index contributed by atoms with van der Waals surface area (Å²) in [6, 6.07) is 64.6. The lowest BCUT2D eigenvalue weighted by molar-refractivity contribution is 0.598. The molecule has 0 saturated heterocycles. The molecule has 0 radical (unpaired) electrons. The van der Waals surface area contributed by atoms with Crippen molar-refractivity contribution in [3.8, 4) is 45.1 Å². The van der Waals surface area contributed by atoms with Gasteiger partial charge < -0.3 is 13.6 Å². The number of aromatic nitrogens is 2. The Morgan fingerprint density at radius 3 is 1.43 bits per heavy atom. The monoisotopic (exact) mass is 626 g/mol. The first-order valence-electron chi connectivity index (χ1n) is 16.7. The number of hydrogen-bond donors (Lipinski definition) is 0. The molecule has 0 atom stereocenters. The largest absolute Gasteiger partial charge is 0.456 e. The van der Waals surface area contributed by atoms with E-state index in [1.54, 1.807) is 0 Å². The maximum Gasteiger partial charge on any atom is 0.136 e. The Hall–Kier alpha value is -6.58. The summed E-state index contributed by atoms with van der Waals surface area (Å²) in [5.41, 5.74) is 11.4. The Kier molecular flexibility index (Phi) is 6.18. The van der Waals surface area contributed by atoms with Crippen molar-refractivity contribution in [2.24, 2.45) is 0 Å². The highest BCUT2D eigenvalue weighted by molar-refractivity contribution is 6.15. The van der Waals surface area contributed by atoms with Gasteiger partial charge in [0.2, 0.25) is 0 Å². The van der Waals surface area contributed by atoms with Crippen molar-refractivity contribution in [2.75, 3.05) is 0 Å². The SMILES string of the molecule is c1ccc(-n2c3ccccc3c3cccc(-c4cccc(-c5ccc(-c6cccc7c8ccccc8n(-c8ccccc8)c67)o5)c4)c32)cc1. The maximum atomic E-state index is 6.75. The summed E-state index contributed by atoms with van der Waals surface area (Å²) in [5, 5.41) is 4.92. The summed E-state index contributed by atoms with van der Waals surface area (Å²) in [7, 11) is 0. The third-order valence-electron chi connectivity index (χ3n) is 9.75. The van der Waals surface area contributed by atoms with Gasteiger partial charge in [-0.2, -0.15) is 0 Å². The van der Waals surface area contributed by atoms with Crippen LogP contribution in [-0.2, 0) is 0 Å². The first-order valence-corrected chi connectivity index (χ1v) is 16.7. The third-order valence-corrected chi connectivity index (χ3v) is 9.75. The number of rotatable bonds is 5. The molecule has 0 spiro atoms. The zero-order chi connectivity index (χ0) is 32.3. The predicted molar refractivity (Wildman–Crippen MR) is 204 cm³/mol. The van der Waals surface area contributed by atoms with Gasteiger partial charge in [-0.15, -0.1) is 0 Å². The van der Waals surface area contributed by atoms with E-state index in [1.807, 2.05) is 0 Å².